The van der Waals surface area contributed by atoms with Gasteiger partial charge in [0.2, 0.25) is 0 Å². The Balaban J connectivity index is 1.27. The van der Waals surface area contributed by atoms with E-state index in [1.54, 1.807) is 0 Å². The standard InChI is InChI=1S/C41H66N2O8/c1-48-36(44)18-14-32-10-6-11-33(15-19-37(45)49-2)40(32)42-26-22-30(23-27-42)8-5-9-31-24-28-43(29-25-31)41-34(16-20-38(46)50-3)12-7-13-35(41)17-21-39(47)51-4/h30-32,34H,5-29H2,1-4H3. The molecule has 0 N–H and O–H groups in total. The van der Waals surface area contributed by atoms with E-state index in [0.717, 1.165) is 102 Å². The molecule has 2 aliphatic heterocycles. The van der Waals surface area contributed by atoms with E-state index in [2.05, 4.69) is 9.80 Å². The van der Waals surface area contributed by atoms with Crippen LogP contribution in [0.1, 0.15) is 135 Å². The van der Waals surface area contributed by atoms with Gasteiger partial charge in [-0.05, 0) is 114 Å². The number of ether oxygens (including phenoxy) is 4. The number of likely N-dealkylation sites (tertiary alicyclic amines) is 2. The van der Waals surface area contributed by atoms with Crippen molar-refractivity contribution in [2.24, 2.45) is 23.7 Å². The second-order valence-corrected chi connectivity index (χ2v) is 15.3. The van der Waals surface area contributed by atoms with E-state index < -0.39 is 0 Å². The van der Waals surface area contributed by atoms with Crippen LogP contribution in [0.3, 0.4) is 0 Å². The van der Waals surface area contributed by atoms with Crippen molar-refractivity contribution in [3.8, 4) is 0 Å². The maximum Gasteiger partial charge on any atom is 0.305 e. The van der Waals surface area contributed by atoms with Crippen molar-refractivity contribution in [3.05, 3.63) is 22.5 Å². The second-order valence-electron chi connectivity index (χ2n) is 15.3. The molecular weight excluding hydrogens is 648 g/mol. The van der Waals surface area contributed by atoms with Crippen LogP contribution in [0.5, 0.6) is 0 Å². The molecule has 51 heavy (non-hydrogen) atoms. The van der Waals surface area contributed by atoms with Gasteiger partial charge in [-0.3, -0.25) is 19.2 Å². The minimum Gasteiger partial charge on any atom is -0.469 e. The predicted octanol–water partition coefficient (Wildman–Crippen LogP) is 7.50. The zero-order valence-electron chi connectivity index (χ0n) is 32.1. The Morgan fingerprint density at radius 2 is 0.863 bits per heavy atom. The summed E-state index contributed by atoms with van der Waals surface area (Å²) in [7, 11) is 5.84. The van der Waals surface area contributed by atoms with Gasteiger partial charge in [-0.1, -0.05) is 30.4 Å². The van der Waals surface area contributed by atoms with Crippen LogP contribution in [0.15, 0.2) is 22.5 Å². The van der Waals surface area contributed by atoms with Crippen LogP contribution in [0, 0.1) is 23.7 Å². The largest absolute Gasteiger partial charge is 0.469 e. The number of hydrogen-bond donors (Lipinski definition) is 0. The first kappa shape index (κ1) is 40.7. The maximum atomic E-state index is 12.0. The fraction of sp³-hybridized carbons (Fsp3) is 0.805. The summed E-state index contributed by atoms with van der Waals surface area (Å²) >= 11 is 0. The number of esters is 4. The Morgan fingerprint density at radius 1 is 0.510 bits per heavy atom. The van der Waals surface area contributed by atoms with Crippen LogP contribution in [-0.4, -0.2) is 88.3 Å². The highest BCUT2D eigenvalue weighted by Crippen LogP contribution is 2.41. The third kappa shape index (κ3) is 12.6. The summed E-state index contributed by atoms with van der Waals surface area (Å²) in [4.78, 5) is 53.2. The highest BCUT2D eigenvalue weighted by molar-refractivity contribution is 5.70. The quantitative estimate of drug-likeness (QED) is 0.105. The molecule has 288 valence electrons. The normalized spacial score (nSPS) is 22.2. The Labute approximate surface area is 307 Å². The van der Waals surface area contributed by atoms with Crippen molar-refractivity contribution < 1.29 is 38.1 Å². The lowest BCUT2D eigenvalue weighted by Gasteiger charge is -2.42. The zero-order valence-corrected chi connectivity index (χ0v) is 32.1. The van der Waals surface area contributed by atoms with E-state index in [0.29, 0.717) is 37.5 Å². The van der Waals surface area contributed by atoms with Crippen LogP contribution < -0.4 is 0 Å². The SMILES string of the molecule is COC(=O)CCC1=C(N2CCC(CCCC3CCN(C4=C(CCC(=O)OC)CCCC4CCC(=O)OC)CC3)CC2)C(CCC(=O)OC)CCC1. The van der Waals surface area contributed by atoms with E-state index in [1.807, 2.05) is 0 Å². The highest BCUT2D eigenvalue weighted by Gasteiger charge is 2.33. The van der Waals surface area contributed by atoms with E-state index in [9.17, 15) is 19.2 Å². The van der Waals surface area contributed by atoms with Gasteiger partial charge in [0.05, 0.1) is 28.4 Å². The van der Waals surface area contributed by atoms with Crippen molar-refractivity contribution in [3.63, 3.8) is 0 Å². The highest BCUT2D eigenvalue weighted by atomic mass is 16.5. The summed E-state index contributed by atoms with van der Waals surface area (Å²) in [5.41, 5.74) is 5.60. The molecule has 2 atom stereocenters. The number of methoxy groups -OCH3 is 4. The van der Waals surface area contributed by atoms with E-state index in [1.165, 1.54) is 95.9 Å². The molecular formula is C41H66N2O8. The molecule has 10 heteroatoms. The number of carbonyl (C=O) groups excluding carboxylic acids is 4. The molecule has 0 spiro atoms. The smallest absolute Gasteiger partial charge is 0.305 e. The van der Waals surface area contributed by atoms with Gasteiger partial charge >= 0.3 is 23.9 Å². The van der Waals surface area contributed by atoms with Crippen molar-refractivity contribution in [2.75, 3.05) is 54.6 Å². The minimum atomic E-state index is -0.158. The van der Waals surface area contributed by atoms with E-state index >= 15 is 0 Å². The molecule has 4 rings (SSSR count). The molecule has 0 aromatic heterocycles. The van der Waals surface area contributed by atoms with Gasteiger partial charge in [0.25, 0.3) is 0 Å². The average Bonchev–Trinajstić information content (AvgIpc) is 3.17. The number of rotatable bonds is 18. The first-order valence-corrected chi connectivity index (χ1v) is 20.0. The predicted molar refractivity (Wildman–Crippen MR) is 196 cm³/mol. The summed E-state index contributed by atoms with van der Waals surface area (Å²) in [5, 5.41) is 0. The fourth-order valence-electron chi connectivity index (χ4n) is 9.38. The van der Waals surface area contributed by atoms with Crippen LogP contribution in [-0.2, 0) is 38.1 Å². The molecule has 4 aliphatic rings. The molecule has 2 saturated heterocycles. The van der Waals surface area contributed by atoms with Gasteiger partial charge in [0.15, 0.2) is 0 Å². The first-order chi connectivity index (χ1) is 24.8. The van der Waals surface area contributed by atoms with Crippen molar-refractivity contribution in [2.45, 2.75) is 135 Å². The van der Waals surface area contributed by atoms with Gasteiger partial charge < -0.3 is 28.7 Å². The molecule has 2 aliphatic carbocycles. The molecule has 0 radical (unpaired) electrons. The van der Waals surface area contributed by atoms with Gasteiger partial charge in [0.1, 0.15) is 0 Å². The Hall–Kier alpha value is -3.04. The monoisotopic (exact) mass is 714 g/mol. The van der Waals surface area contributed by atoms with Crippen molar-refractivity contribution >= 4 is 23.9 Å². The van der Waals surface area contributed by atoms with Gasteiger partial charge in [0, 0.05) is 63.3 Å². The maximum absolute atomic E-state index is 12.0. The fourth-order valence-corrected chi connectivity index (χ4v) is 9.38. The zero-order chi connectivity index (χ0) is 36.6. The number of hydrogen-bond acceptors (Lipinski definition) is 10. The van der Waals surface area contributed by atoms with Gasteiger partial charge in [-0.25, -0.2) is 0 Å². The lowest BCUT2D eigenvalue weighted by Crippen LogP contribution is -2.38. The van der Waals surface area contributed by atoms with Crippen LogP contribution in [0.4, 0.5) is 0 Å². The second kappa shape index (κ2) is 21.5. The summed E-state index contributed by atoms with van der Waals surface area (Å²) in [6.45, 7) is 4.22. The average molecular weight is 715 g/mol. The molecule has 0 bridgehead atoms. The van der Waals surface area contributed by atoms with Crippen LogP contribution >= 0.6 is 0 Å². The molecule has 0 saturated carbocycles. The first-order valence-electron chi connectivity index (χ1n) is 20.0. The third-order valence-corrected chi connectivity index (χ3v) is 12.3. The molecule has 0 aromatic rings. The summed E-state index contributed by atoms with van der Waals surface area (Å²) in [6.07, 6.45) is 19.9. The topological polar surface area (TPSA) is 112 Å². The Morgan fingerprint density at radius 3 is 1.22 bits per heavy atom. The molecule has 0 amide bonds. The number of piperidine rings is 2. The van der Waals surface area contributed by atoms with Crippen molar-refractivity contribution in [1.82, 2.24) is 9.80 Å². The van der Waals surface area contributed by atoms with Crippen LogP contribution in [0.25, 0.3) is 0 Å². The summed E-state index contributed by atoms with van der Waals surface area (Å²) < 4.78 is 19.8. The molecule has 10 nitrogen and oxygen atoms in total. The minimum absolute atomic E-state index is 0.147. The number of nitrogens with zero attached hydrogens (tertiary/aromatic N) is 2. The van der Waals surface area contributed by atoms with E-state index in [-0.39, 0.29) is 23.9 Å². The third-order valence-electron chi connectivity index (χ3n) is 12.3. The summed E-state index contributed by atoms with van der Waals surface area (Å²) in [5.74, 6) is 1.59. The molecule has 2 heterocycles. The molecule has 2 fully saturated rings. The number of carbonyl (C=O) groups is 4. The van der Waals surface area contributed by atoms with Crippen LogP contribution in [0.2, 0.25) is 0 Å². The van der Waals surface area contributed by atoms with Gasteiger partial charge in [-0.2, -0.15) is 0 Å². The Bertz CT molecular complexity index is 1120. The van der Waals surface area contributed by atoms with Gasteiger partial charge in [-0.15, -0.1) is 0 Å². The molecule has 0 aromatic carbocycles. The Kier molecular flexibility index (Phi) is 17.2. The van der Waals surface area contributed by atoms with Crippen molar-refractivity contribution in [1.29, 1.82) is 0 Å². The van der Waals surface area contributed by atoms with E-state index in [4.69, 9.17) is 18.9 Å². The number of allylic oxidation sites excluding steroid dienone is 4. The lowest BCUT2D eigenvalue weighted by atomic mass is 9.80. The summed E-state index contributed by atoms with van der Waals surface area (Å²) in [6, 6.07) is 0. The lowest BCUT2D eigenvalue weighted by molar-refractivity contribution is -0.141. The molecule has 2 unspecified atom stereocenters.